The minimum absolute atomic E-state index is 0.0869. The minimum atomic E-state index is -0.267. The Balaban J connectivity index is 1.78. The lowest BCUT2D eigenvalue weighted by molar-refractivity contribution is -0.120. The number of nitriles is 1. The Labute approximate surface area is 123 Å². The Kier molecular flexibility index (Phi) is 5.05. The third kappa shape index (κ3) is 4.73. The molecule has 4 heteroatoms. The highest BCUT2D eigenvalue weighted by atomic mass is 19.1. The van der Waals surface area contributed by atoms with Gasteiger partial charge >= 0.3 is 0 Å². The summed E-state index contributed by atoms with van der Waals surface area (Å²) in [5.74, 6) is -0.354. The maximum absolute atomic E-state index is 13.0. The standard InChI is InChI=1S/C17H15FN2O/c18-16-3-1-2-13(10-16)8-9-20-17(21)11-14-4-6-15(12-19)7-5-14/h1-7,10H,8-9,11H2,(H,20,21). The number of nitrogens with one attached hydrogen (secondary N) is 1. The van der Waals surface area contributed by atoms with Gasteiger partial charge in [0, 0.05) is 6.54 Å². The number of carbonyl (C=O) groups is 1. The summed E-state index contributed by atoms with van der Waals surface area (Å²) in [6.45, 7) is 0.471. The summed E-state index contributed by atoms with van der Waals surface area (Å²) in [5, 5.41) is 11.5. The third-order valence-corrected chi connectivity index (χ3v) is 3.07. The van der Waals surface area contributed by atoms with Crippen molar-refractivity contribution < 1.29 is 9.18 Å². The van der Waals surface area contributed by atoms with Gasteiger partial charge in [-0.15, -0.1) is 0 Å². The van der Waals surface area contributed by atoms with Crippen LogP contribution in [-0.2, 0) is 17.6 Å². The second kappa shape index (κ2) is 7.20. The lowest BCUT2D eigenvalue weighted by Gasteiger charge is -2.06. The summed E-state index contributed by atoms with van der Waals surface area (Å²) in [4.78, 5) is 11.8. The number of hydrogen-bond donors (Lipinski definition) is 1. The minimum Gasteiger partial charge on any atom is -0.355 e. The molecule has 106 valence electrons. The van der Waals surface area contributed by atoms with Crippen LogP contribution in [0.5, 0.6) is 0 Å². The molecule has 0 spiro atoms. The van der Waals surface area contributed by atoms with E-state index < -0.39 is 0 Å². The van der Waals surface area contributed by atoms with E-state index in [1.165, 1.54) is 12.1 Å². The molecule has 0 atom stereocenters. The van der Waals surface area contributed by atoms with E-state index in [0.29, 0.717) is 18.5 Å². The zero-order chi connectivity index (χ0) is 15.1. The third-order valence-electron chi connectivity index (χ3n) is 3.07. The topological polar surface area (TPSA) is 52.9 Å². The predicted octanol–water partition coefficient (Wildman–Crippen LogP) is 2.60. The van der Waals surface area contributed by atoms with Gasteiger partial charge in [-0.3, -0.25) is 4.79 Å². The van der Waals surface area contributed by atoms with Gasteiger partial charge in [0.15, 0.2) is 0 Å². The second-order valence-corrected chi connectivity index (χ2v) is 4.72. The van der Waals surface area contributed by atoms with Crippen LogP contribution in [0.1, 0.15) is 16.7 Å². The molecule has 0 fully saturated rings. The molecule has 2 aromatic carbocycles. The Morgan fingerprint density at radius 1 is 1.14 bits per heavy atom. The summed E-state index contributed by atoms with van der Waals surface area (Å²) in [7, 11) is 0. The van der Waals surface area contributed by atoms with Gasteiger partial charge in [0.2, 0.25) is 5.91 Å². The summed E-state index contributed by atoms with van der Waals surface area (Å²) < 4.78 is 13.0. The molecule has 2 aromatic rings. The molecule has 0 saturated carbocycles. The molecule has 0 unspecified atom stereocenters. The predicted molar refractivity (Wildman–Crippen MR) is 78.0 cm³/mol. The molecule has 0 aliphatic carbocycles. The second-order valence-electron chi connectivity index (χ2n) is 4.72. The monoisotopic (exact) mass is 282 g/mol. The highest BCUT2D eigenvalue weighted by Gasteiger charge is 2.03. The van der Waals surface area contributed by atoms with Crippen molar-refractivity contribution in [2.75, 3.05) is 6.54 Å². The van der Waals surface area contributed by atoms with Crippen LogP contribution < -0.4 is 5.32 Å². The van der Waals surface area contributed by atoms with E-state index in [-0.39, 0.29) is 18.1 Å². The Morgan fingerprint density at radius 3 is 2.57 bits per heavy atom. The van der Waals surface area contributed by atoms with Gasteiger partial charge in [0.25, 0.3) is 0 Å². The molecule has 0 saturated heterocycles. The zero-order valence-electron chi connectivity index (χ0n) is 11.5. The fourth-order valence-corrected chi connectivity index (χ4v) is 1.98. The fraction of sp³-hybridized carbons (Fsp3) is 0.176. The first-order chi connectivity index (χ1) is 10.2. The Morgan fingerprint density at radius 2 is 1.90 bits per heavy atom. The maximum Gasteiger partial charge on any atom is 0.224 e. The van der Waals surface area contributed by atoms with Crippen LogP contribution in [0.4, 0.5) is 4.39 Å². The molecule has 0 bridgehead atoms. The first kappa shape index (κ1) is 14.7. The molecular weight excluding hydrogens is 267 g/mol. The summed E-state index contributed by atoms with van der Waals surface area (Å²) >= 11 is 0. The molecular formula is C17H15FN2O. The summed E-state index contributed by atoms with van der Waals surface area (Å²) in [5.41, 5.74) is 2.29. The summed E-state index contributed by atoms with van der Waals surface area (Å²) in [6.07, 6.45) is 0.867. The van der Waals surface area contributed by atoms with Crippen molar-refractivity contribution in [3.05, 3.63) is 71.0 Å². The zero-order valence-corrected chi connectivity index (χ0v) is 11.5. The van der Waals surface area contributed by atoms with Gasteiger partial charge < -0.3 is 5.32 Å². The van der Waals surface area contributed by atoms with E-state index in [4.69, 9.17) is 5.26 Å². The van der Waals surface area contributed by atoms with Crippen molar-refractivity contribution in [2.45, 2.75) is 12.8 Å². The van der Waals surface area contributed by atoms with E-state index >= 15 is 0 Å². The van der Waals surface area contributed by atoms with Crippen molar-refractivity contribution in [1.82, 2.24) is 5.32 Å². The molecule has 2 rings (SSSR count). The van der Waals surface area contributed by atoms with Gasteiger partial charge in [-0.25, -0.2) is 4.39 Å². The normalized spacial score (nSPS) is 9.90. The first-order valence-corrected chi connectivity index (χ1v) is 6.67. The highest BCUT2D eigenvalue weighted by molar-refractivity contribution is 5.78. The van der Waals surface area contributed by atoms with Crippen molar-refractivity contribution in [1.29, 1.82) is 5.26 Å². The van der Waals surface area contributed by atoms with E-state index in [2.05, 4.69) is 5.32 Å². The average Bonchev–Trinajstić information content (AvgIpc) is 2.48. The SMILES string of the molecule is N#Cc1ccc(CC(=O)NCCc2cccc(F)c2)cc1. The maximum atomic E-state index is 13.0. The number of benzene rings is 2. The van der Waals surface area contributed by atoms with Crippen molar-refractivity contribution in [3.63, 3.8) is 0 Å². The molecule has 1 amide bonds. The van der Waals surface area contributed by atoms with Crippen LogP contribution in [0.15, 0.2) is 48.5 Å². The number of hydrogen-bond acceptors (Lipinski definition) is 2. The van der Waals surface area contributed by atoms with Crippen LogP contribution in [0, 0.1) is 17.1 Å². The lowest BCUT2D eigenvalue weighted by Crippen LogP contribution is -2.27. The molecule has 0 aromatic heterocycles. The molecule has 0 aliphatic heterocycles. The van der Waals surface area contributed by atoms with Gasteiger partial charge in [0.1, 0.15) is 5.82 Å². The molecule has 1 N–H and O–H groups in total. The molecule has 0 aliphatic rings. The lowest BCUT2D eigenvalue weighted by atomic mass is 10.1. The van der Waals surface area contributed by atoms with Crippen molar-refractivity contribution in [2.24, 2.45) is 0 Å². The Hall–Kier alpha value is -2.67. The Bertz CT molecular complexity index is 659. The van der Waals surface area contributed by atoms with E-state index in [1.807, 2.05) is 12.1 Å². The number of amides is 1. The number of nitrogens with zero attached hydrogens (tertiary/aromatic N) is 1. The largest absolute Gasteiger partial charge is 0.355 e. The molecule has 3 nitrogen and oxygen atoms in total. The van der Waals surface area contributed by atoms with Crippen LogP contribution in [-0.4, -0.2) is 12.5 Å². The van der Waals surface area contributed by atoms with Crippen LogP contribution >= 0.6 is 0 Å². The smallest absolute Gasteiger partial charge is 0.224 e. The van der Waals surface area contributed by atoms with E-state index in [9.17, 15) is 9.18 Å². The van der Waals surface area contributed by atoms with E-state index in [1.54, 1.807) is 30.3 Å². The van der Waals surface area contributed by atoms with Crippen LogP contribution in [0.25, 0.3) is 0 Å². The van der Waals surface area contributed by atoms with Gasteiger partial charge in [-0.05, 0) is 41.8 Å². The summed E-state index contributed by atoms with van der Waals surface area (Å²) in [6, 6.07) is 15.3. The van der Waals surface area contributed by atoms with Crippen LogP contribution in [0.3, 0.4) is 0 Å². The molecule has 0 radical (unpaired) electrons. The fourth-order valence-electron chi connectivity index (χ4n) is 1.98. The molecule has 21 heavy (non-hydrogen) atoms. The number of halogens is 1. The van der Waals surface area contributed by atoms with Crippen molar-refractivity contribution in [3.8, 4) is 6.07 Å². The van der Waals surface area contributed by atoms with E-state index in [0.717, 1.165) is 11.1 Å². The highest BCUT2D eigenvalue weighted by Crippen LogP contribution is 2.05. The van der Waals surface area contributed by atoms with Gasteiger partial charge in [-0.2, -0.15) is 5.26 Å². The first-order valence-electron chi connectivity index (χ1n) is 6.67. The molecule has 0 heterocycles. The van der Waals surface area contributed by atoms with Crippen molar-refractivity contribution >= 4 is 5.91 Å². The van der Waals surface area contributed by atoms with Crippen LogP contribution in [0.2, 0.25) is 0 Å². The number of rotatable bonds is 5. The van der Waals surface area contributed by atoms with Gasteiger partial charge in [-0.1, -0.05) is 24.3 Å². The van der Waals surface area contributed by atoms with Gasteiger partial charge in [0.05, 0.1) is 18.1 Å². The number of carbonyl (C=O) groups excluding carboxylic acids is 1. The average molecular weight is 282 g/mol. The quantitative estimate of drug-likeness (QED) is 0.916.